The number of benzene rings is 1. The van der Waals surface area contributed by atoms with Gasteiger partial charge in [0.25, 0.3) is 0 Å². The highest BCUT2D eigenvalue weighted by atomic mass is 127. The third kappa shape index (κ3) is 8.22. The van der Waals surface area contributed by atoms with Crippen molar-refractivity contribution >= 4 is 41.3 Å². The van der Waals surface area contributed by atoms with Crippen LogP contribution in [0.2, 0.25) is 0 Å². The van der Waals surface area contributed by atoms with Crippen molar-refractivity contribution in [3.05, 3.63) is 40.3 Å². The maximum Gasteiger partial charge on any atom is 0.191 e. The molecule has 6 nitrogen and oxygen atoms in total. The van der Waals surface area contributed by atoms with Crippen molar-refractivity contribution in [1.29, 1.82) is 0 Å². The first-order chi connectivity index (χ1) is 12.9. The molecule has 2 aromatic rings. The molecule has 1 aromatic carbocycles. The second-order valence-electron chi connectivity index (χ2n) is 7.08. The fourth-order valence-electron chi connectivity index (χ4n) is 2.29. The molecule has 0 amide bonds. The SMILES string of the molecule is CN=C(NCCOc1ccc(OC)cc1)NCCc1nc(C(C)(C)C)cs1.I. The Bertz CT molecular complexity index is 727. The number of nitrogens with zero attached hydrogens (tertiary/aromatic N) is 2. The van der Waals surface area contributed by atoms with Crippen LogP contribution >= 0.6 is 35.3 Å². The molecular weight excluding hydrogens is 487 g/mol. The number of ether oxygens (including phenoxy) is 2. The van der Waals surface area contributed by atoms with Crippen molar-refractivity contribution < 1.29 is 9.47 Å². The molecule has 0 fully saturated rings. The summed E-state index contributed by atoms with van der Waals surface area (Å²) in [4.78, 5) is 8.95. The van der Waals surface area contributed by atoms with Gasteiger partial charge in [0.2, 0.25) is 0 Å². The molecule has 0 spiro atoms. The van der Waals surface area contributed by atoms with Gasteiger partial charge in [-0.2, -0.15) is 0 Å². The van der Waals surface area contributed by atoms with E-state index in [-0.39, 0.29) is 29.4 Å². The lowest BCUT2D eigenvalue weighted by Crippen LogP contribution is -2.40. The molecule has 2 rings (SSSR count). The van der Waals surface area contributed by atoms with Crippen LogP contribution in [0.3, 0.4) is 0 Å². The van der Waals surface area contributed by atoms with E-state index in [1.54, 1.807) is 25.5 Å². The number of guanidine groups is 1. The quantitative estimate of drug-likeness (QED) is 0.241. The van der Waals surface area contributed by atoms with Crippen molar-refractivity contribution in [2.75, 3.05) is 33.9 Å². The molecule has 1 aromatic heterocycles. The molecule has 0 saturated carbocycles. The van der Waals surface area contributed by atoms with E-state index in [0.29, 0.717) is 13.2 Å². The minimum absolute atomic E-state index is 0. The van der Waals surface area contributed by atoms with Gasteiger partial charge in [0, 0.05) is 30.8 Å². The van der Waals surface area contributed by atoms with Gasteiger partial charge in [-0.3, -0.25) is 4.99 Å². The monoisotopic (exact) mass is 518 g/mol. The van der Waals surface area contributed by atoms with Gasteiger partial charge in [-0.25, -0.2) is 4.98 Å². The van der Waals surface area contributed by atoms with E-state index in [2.05, 4.69) is 41.8 Å². The number of methoxy groups -OCH3 is 1. The summed E-state index contributed by atoms with van der Waals surface area (Å²) in [6.07, 6.45) is 0.879. The summed E-state index contributed by atoms with van der Waals surface area (Å²) >= 11 is 1.72. The third-order valence-corrected chi connectivity index (χ3v) is 4.81. The fraction of sp³-hybridized carbons (Fsp3) is 0.500. The third-order valence-electron chi connectivity index (χ3n) is 3.90. The van der Waals surface area contributed by atoms with E-state index >= 15 is 0 Å². The zero-order chi connectivity index (χ0) is 19.7. The lowest BCUT2D eigenvalue weighted by molar-refractivity contribution is 0.321. The number of rotatable bonds is 8. The number of halogens is 1. The number of aliphatic imine (C=N–C) groups is 1. The Morgan fingerprint density at radius 2 is 1.75 bits per heavy atom. The zero-order valence-electron chi connectivity index (χ0n) is 17.2. The molecule has 28 heavy (non-hydrogen) atoms. The Morgan fingerprint density at radius 3 is 2.32 bits per heavy atom. The molecule has 0 radical (unpaired) electrons. The van der Waals surface area contributed by atoms with Crippen LogP contribution in [-0.2, 0) is 11.8 Å². The fourth-order valence-corrected chi connectivity index (χ4v) is 3.31. The molecule has 0 unspecified atom stereocenters. The summed E-state index contributed by atoms with van der Waals surface area (Å²) in [6, 6.07) is 7.55. The molecule has 0 aliphatic carbocycles. The van der Waals surface area contributed by atoms with Crippen molar-refractivity contribution in [2.24, 2.45) is 4.99 Å². The molecule has 8 heteroatoms. The van der Waals surface area contributed by atoms with Gasteiger partial charge in [-0.1, -0.05) is 20.8 Å². The van der Waals surface area contributed by atoms with E-state index < -0.39 is 0 Å². The van der Waals surface area contributed by atoms with Crippen molar-refractivity contribution in [3.8, 4) is 11.5 Å². The Balaban J connectivity index is 0.00000392. The Kier molecular flexibility index (Phi) is 10.6. The highest BCUT2D eigenvalue weighted by Gasteiger charge is 2.17. The summed E-state index contributed by atoms with van der Waals surface area (Å²) < 4.78 is 10.8. The van der Waals surface area contributed by atoms with Crippen LogP contribution in [0.1, 0.15) is 31.5 Å². The standard InChI is InChI=1S/C20H30N4O2S.HI/c1-20(2,3)17-14-27-18(24-17)10-11-22-19(21-4)23-12-13-26-16-8-6-15(25-5)7-9-16;/h6-9,14H,10-13H2,1-5H3,(H2,21,22,23);1H. The van der Waals surface area contributed by atoms with Gasteiger partial charge < -0.3 is 20.1 Å². The van der Waals surface area contributed by atoms with Crippen molar-refractivity contribution in [2.45, 2.75) is 32.6 Å². The minimum Gasteiger partial charge on any atom is -0.497 e. The largest absolute Gasteiger partial charge is 0.497 e. The van der Waals surface area contributed by atoms with Gasteiger partial charge in [-0.15, -0.1) is 35.3 Å². The second kappa shape index (κ2) is 12.1. The average molecular weight is 518 g/mol. The maximum absolute atomic E-state index is 5.70. The molecule has 0 aliphatic heterocycles. The Labute approximate surface area is 189 Å². The van der Waals surface area contributed by atoms with Crippen LogP contribution in [0.25, 0.3) is 0 Å². The molecule has 0 atom stereocenters. The highest BCUT2D eigenvalue weighted by Crippen LogP contribution is 2.23. The molecule has 2 N–H and O–H groups in total. The van der Waals surface area contributed by atoms with Crippen molar-refractivity contribution in [1.82, 2.24) is 15.6 Å². The normalized spacial score (nSPS) is 11.5. The van der Waals surface area contributed by atoms with Crippen LogP contribution in [0.15, 0.2) is 34.6 Å². The first-order valence-electron chi connectivity index (χ1n) is 9.08. The van der Waals surface area contributed by atoms with Gasteiger partial charge in [0.1, 0.15) is 18.1 Å². The minimum atomic E-state index is 0. The number of aromatic nitrogens is 1. The number of hydrogen-bond acceptors (Lipinski definition) is 5. The van der Waals surface area contributed by atoms with Crippen LogP contribution in [0.5, 0.6) is 11.5 Å². The van der Waals surface area contributed by atoms with Crippen molar-refractivity contribution in [3.63, 3.8) is 0 Å². The lowest BCUT2D eigenvalue weighted by atomic mass is 9.93. The molecule has 0 bridgehead atoms. The Hall–Kier alpha value is -1.55. The van der Waals surface area contributed by atoms with E-state index in [0.717, 1.165) is 41.1 Å². The molecular formula is C20H31IN4O2S. The second-order valence-corrected chi connectivity index (χ2v) is 8.02. The molecule has 0 saturated heterocycles. The topological polar surface area (TPSA) is 67.8 Å². The first-order valence-corrected chi connectivity index (χ1v) is 9.96. The van der Waals surface area contributed by atoms with Gasteiger partial charge in [-0.05, 0) is 24.3 Å². The van der Waals surface area contributed by atoms with Crippen LogP contribution < -0.4 is 20.1 Å². The van der Waals surface area contributed by atoms with Gasteiger partial charge >= 0.3 is 0 Å². The van der Waals surface area contributed by atoms with E-state index in [1.807, 2.05) is 24.3 Å². The summed E-state index contributed by atoms with van der Waals surface area (Å²) in [6.45, 7) is 8.55. The first kappa shape index (κ1) is 24.5. The average Bonchev–Trinajstić information content (AvgIpc) is 3.13. The van der Waals surface area contributed by atoms with Gasteiger partial charge in [0.05, 0.1) is 24.4 Å². The molecule has 0 aliphatic rings. The molecule has 156 valence electrons. The predicted octanol–water partition coefficient (Wildman–Crippen LogP) is 3.85. The zero-order valence-corrected chi connectivity index (χ0v) is 20.4. The summed E-state index contributed by atoms with van der Waals surface area (Å²) in [5, 5.41) is 9.86. The molecule has 1 heterocycles. The van der Waals surface area contributed by atoms with Crippen LogP contribution in [-0.4, -0.2) is 44.8 Å². The van der Waals surface area contributed by atoms with Gasteiger partial charge in [0.15, 0.2) is 5.96 Å². The number of hydrogen-bond donors (Lipinski definition) is 2. The predicted molar refractivity (Wildman–Crippen MR) is 128 cm³/mol. The number of thiazole rings is 1. The van der Waals surface area contributed by atoms with E-state index in [9.17, 15) is 0 Å². The Morgan fingerprint density at radius 1 is 1.11 bits per heavy atom. The number of nitrogens with one attached hydrogen (secondary N) is 2. The van der Waals surface area contributed by atoms with Crippen LogP contribution in [0.4, 0.5) is 0 Å². The summed E-state index contributed by atoms with van der Waals surface area (Å²) in [5.74, 6) is 2.40. The highest BCUT2D eigenvalue weighted by molar-refractivity contribution is 14.0. The lowest BCUT2D eigenvalue weighted by Gasteiger charge is -2.14. The summed E-state index contributed by atoms with van der Waals surface area (Å²) in [5.41, 5.74) is 1.25. The van der Waals surface area contributed by atoms with E-state index in [1.165, 1.54) is 0 Å². The van der Waals surface area contributed by atoms with Crippen LogP contribution in [0, 0.1) is 0 Å². The summed E-state index contributed by atoms with van der Waals surface area (Å²) in [7, 11) is 3.41. The smallest absolute Gasteiger partial charge is 0.191 e. The van der Waals surface area contributed by atoms with E-state index in [4.69, 9.17) is 14.5 Å². The maximum atomic E-state index is 5.70.